The highest BCUT2D eigenvalue weighted by atomic mass is 79.9. The predicted octanol–water partition coefficient (Wildman–Crippen LogP) is 2.11. The van der Waals surface area contributed by atoms with E-state index >= 15 is 0 Å². The summed E-state index contributed by atoms with van der Waals surface area (Å²) < 4.78 is 0.894. The molecule has 1 saturated heterocycles. The standard InChI is InChI=1S/C11H16BrN3.ClH/c12-11-4-3-9(7-15-11)6-14-10-2-1-5-13-8-10;/h3-4,7,10,13-14H,1-2,5-6,8H2;1H/t10-;/m1./s1. The fourth-order valence-corrected chi connectivity index (χ4v) is 2.03. The summed E-state index contributed by atoms with van der Waals surface area (Å²) >= 11 is 3.33. The van der Waals surface area contributed by atoms with E-state index in [-0.39, 0.29) is 12.4 Å². The number of aromatic nitrogens is 1. The van der Waals surface area contributed by atoms with Crippen molar-refractivity contribution in [1.29, 1.82) is 0 Å². The Morgan fingerprint density at radius 2 is 2.38 bits per heavy atom. The molecule has 0 aromatic carbocycles. The number of nitrogens with one attached hydrogen (secondary N) is 2. The van der Waals surface area contributed by atoms with Gasteiger partial charge in [-0.15, -0.1) is 12.4 Å². The van der Waals surface area contributed by atoms with Gasteiger partial charge in [-0.3, -0.25) is 0 Å². The van der Waals surface area contributed by atoms with Crippen molar-refractivity contribution in [3.05, 3.63) is 28.5 Å². The first-order valence-electron chi connectivity index (χ1n) is 5.39. The first kappa shape index (κ1) is 13.9. The molecule has 0 bridgehead atoms. The quantitative estimate of drug-likeness (QED) is 0.840. The van der Waals surface area contributed by atoms with E-state index in [0.29, 0.717) is 6.04 Å². The summed E-state index contributed by atoms with van der Waals surface area (Å²) in [6, 6.07) is 4.69. The van der Waals surface area contributed by atoms with Crippen LogP contribution in [0.15, 0.2) is 22.9 Å². The number of piperidine rings is 1. The molecule has 0 radical (unpaired) electrons. The Balaban J connectivity index is 0.00000128. The van der Waals surface area contributed by atoms with Crippen molar-refractivity contribution in [3.63, 3.8) is 0 Å². The number of halogens is 2. The molecule has 3 nitrogen and oxygen atoms in total. The summed E-state index contributed by atoms with van der Waals surface area (Å²) in [6.07, 6.45) is 4.46. The van der Waals surface area contributed by atoms with Gasteiger partial charge in [0.1, 0.15) is 4.60 Å². The predicted molar refractivity (Wildman–Crippen MR) is 71.9 cm³/mol. The van der Waals surface area contributed by atoms with Crippen LogP contribution in [0.25, 0.3) is 0 Å². The van der Waals surface area contributed by atoms with Crippen LogP contribution >= 0.6 is 28.3 Å². The van der Waals surface area contributed by atoms with Gasteiger partial charge in [0.05, 0.1) is 0 Å². The van der Waals surface area contributed by atoms with E-state index in [1.165, 1.54) is 18.4 Å². The molecule has 1 aliphatic heterocycles. The average molecular weight is 307 g/mol. The summed E-state index contributed by atoms with van der Waals surface area (Å²) in [5, 5.41) is 6.93. The molecule has 2 heterocycles. The Kier molecular flexibility index (Phi) is 6.28. The second-order valence-corrected chi connectivity index (χ2v) is 4.73. The van der Waals surface area contributed by atoms with Gasteiger partial charge in [-0.25, -0.2) is 4.98 Å². The summed E-state index contributed by atoms with van der Waals surface area (Å²) in [6.45, 7) is 3.16. The zero-order chi connectivity index (χ0) is 10.5. The van der Waals surface area contributed by atoms with E-state index in [4.69, 9.17) is 0 Å². The van der Waals surface area contributed by atoms with Gasteiger partial charge in [-0.2, -0.15) is 0 Å². The van der Waals surface area contributed by atoms with E-state index in [9.17, 15) is 0 Å². The topological polar surface area (TPSA) is 37.0 Å². The Morgan fingerprint density at radius 3 is 3.00 bits per heavy atom. The van der Waals surface area contributed by atoms with Crippen LogP contribution < -0.4 is 10.6 Å². The normalized spacial score (nSPS) is 20.2. The first-order valence-corrected chi connectivity index (χ1v) is 6.18. The second-order valence-electron chi connectivity index (χ2n) is 3.91. The lowest BCUT2D eigenvalue weighted by molar-refractivity contribution is 0.389. The Labute approximate surface area is 111 Å². The molecule has 0 saturated carbocycles. The number of nitrogens with zero attached hydrogens (tertiary/aromatic N) is 1. The average Bonchev–Trinajstić information content (AvgIpc) is 2.30. The molecule has 1 aromatic heterocycles. The molecule has 0 unspecified atom stereocenters. The molecule has 1 fully saturated rings. The van der Waals surface area contributed by atoms with Gasteiger partial charge in [-0.1, -0.05) is 6.07 Å². The number of pyridine rings is 1. The molecular formula is C11H17BrClN3. The van der Waals surface area contributed by atoms with Crippen LogP contribution in [0.4, 0.5) is 0 Å². The number of hydrogen-bond donors (Lipinski definition) is 2. The maximum atomic E-state index is 4.20. The van der Waals surface area contributed by atoms with Crippen molar-refractivity contribution in [2.45, 2.75) is 25.4 Å². The molecule has 16 heavy (non-hydrogen) atoms. The third-order valence-electron chi connectivity index (χ3n) is 2.68. The fourth-order valence-electron chi connectivity index (χ4n) is 1.80. The molecule has 0 aliphatic carbocycles. The monoisotopic (exact) mass is 305 g/mol. The highest BCUT2D eigenvalue weighted by Crippen LogP contribution is 2.07. The van der Waals surface area contributed by atoms with Gasteiger partial charge in [0.25, 0.3) is 0 Å². The minimum Gasteiger partial charge on any atom is -0.315 e. The third-order valence-corrected chi connectivity index (χ3v) is 3.15. The Bertz CT molecular complexity index is 299. The van der Waals surface area contributed by atoms with Crippen LogP contribution in [-0.4, -0.2) is 24.1 Å². The molecule has 2 rings (SSSR count). The lowest BCUT2D eigenvalue weighted by Crippen LogP contribution is -2.42. The molecular weight excluding hydrogens is 289 g/mol. The molecule has 1 aliphatic rings. The van der Waals surface area contributed by atoms with Crippen molar-refractivity contribution >= 4 is 28.3 Å². The Hall–Kier alpha value is -0.160. The van der Waals surface area contributed by atoms with E-state index in [1.54, 1.807) is 0 Å². The smallest absolute Gasteiger partial charge is 0.106 e. The van der Waals surface area contributed by atoms with Crippen molar-refractivity contribution in [3.8, 4) is 0 Å². The van der Waals surface area contributed by atoms with Crippen molar-refractivity contribution < 1.29 is 0 Å². The summed E-state index contributed by atoms with van der Waals surface area (Å²) in [5.41, 5.74) is 1.24. The van der Waals surface area contributed by atoms with Gasteiger partial charge >= 0.3 is 0 Å². The molecule has 1 aromatic rings. The maximum Gasteiger partial charge on any atom is 0.106 e. The molecule has 2 N–H and O–H groups in total. The molecule has 0 spiro atoms. The molecule has 1 atom stereocenters. The lowest BCUT2D eigenvalue weighted by atomic mass is 10.1. The fraction of sp³-hybridized carbons (Fsp3) is 0.545. The minimum absolute atomic E-state index is 0. The zero-order valence-electron chi connectivity index (χ0n) is 9.08. The maximum absolute atomic E-state index is 4.20. The highest BCUT2D eigenvalue weighted by molar-refractivity contribution is 9.10. The van der Waals surface area contributed by atoms with Crippen LogP contribution in [0.2, 0.25) is 0 Å². The zero-order valence-corrected chi connectivity index (χ0v) is 11.5. The van der Waals surface area contributed by atoms with Crippen LogP contribution in [0.3, 0.4) is 0 Å². The van der Waals surface area contributed by atoms with E-state index < -0.39 is 0 Å². The van der Waals surface area contributed by atoms with Crippen LogP contribution in [-0.2, 0) is 6.54 Å². The van der Waals surface area contributed by atoms with Gasteiger partial charge in [-0.05, 0) is 46.9 Å². The molecule has 5 heteroatoms. The van der Waals surface area contributed by atoms with Crippen LogP contribution in [0, 0.1) is 0 Å². The summed E-state index contributed by atoms with van der Waals surface area (Å²) in [4.78, 5) is 4.20. The van der Waals surface area contributed by atoms with E-state index in [2.05, 4.69) is 37.6 Å². The van der Waals surface area contributed by atoms with Gasteiger partial charge in [0.2, 0.25) is 0 Å². The SMILES string of the molecule is Brc1ccc(CN[C@@H]2CCCNC2)cn1.Cl. The van der Waals surface area contributed by atoms with Gasteiger partial charge < -0.3 is 10.6 Å². The minimum atomic E-state index is 0. The van der Waals surface area contributed by atoms with Gasteiger partial charge in [0, 0.05) is 25.3 Å². The second kappa shape index (κ2) is 7.22. The lowest BCUT2D eigenvalue weighted by Gasteiger charge is -2.23. The largest absolute Gasteiger partial charge is 0.315 e. The number of rotatable bonds is 3. The molecule has 90 valence electrons. The summed E-state index contributed by atoms with van der Waals surface area (Å²) in [5.74, 6) is 0. The highest BCUT2D eigenvalue weighted by Gasteiger charge is 2.11. The molecule has 0 amide bonds. The number of hydrogen-bond acceptors (Lipinski definition) is 3. The van der Waals surface area contributed by atoms with Crippen molar-refractivity contribution in [1.82, 2.24) is 15.6 Å². The Morgan fingerprint density at radius 1 is 1.50 bits per heavy atom. The first-order chi connectivity index (χ1) is 7.34. The van der Waals surface area contributed by atoms with Crippen molar-refractivity contribution in [2.75, 3.05) is 13.1 Å². The van der Waals surface area contributed by atoms with Crippen LogP contribution in [0.5, 0.6) is 0 Å². The van der Waals surface area contributed by atoms with E-state index in [1.807, 2.05) is 12.3 Å². The third kappa shape index (κ3) is 4.37. The van der Waals surface area contributed by atoms with E-state index in [0.717, 1.165) is 24.2 Å². The van der Waals surface area contributed by atoms with Gasteiger partial charge in [0.15, 0.2) is 0 Å². The summed E-state index contributed by atoms with van der Waals surface area (Å²) in [7, 11) is 0. The van der Waals surface area contributed by atoms with Crippen molar-refractivity contribution in [2.24, 2.45) is 0 Å². The van der Waals surface area contributed by atoms with Crippen LogP contribution in [0.1, 0.15) is 18.4 Å².